The Morgan fingerprint density at radius 2 is 1.96 bits per heavy atom. The minimum absolute atomic E-state index is 0.172. The summed E-state index contributed by atoms with van der Waals surface area (Å²) in [6, 6.07) is 7.03. The molecule has 2 aromatic rings. The Labute approximate surface area is 169 Å². The van der Waals surface area contributed by atoms with Crippen molar-refractivity contribution in [1.82, 2.24) is 5.32 Å². The monoisotopic (exact) mass is 411 g/mol. The molecule has 0 saturated carbocycles. The Morgan fingerprint density at radius 1 is 1.26 bits per heavy atom. The summed E-state index contributed by atoms with van der Waals surface area (Å²) in [5.41, 5.74) is 2.50. The lowest BCUT2D eigenvalue weighted by Crippen LogP contribution is -2.25. The third-order valence-electron chi connectivity index (χ3n) is 4.17. The molecule has 0 aliphatic heterocycles. The van der Waals surface area contributed by atoms with E-state index >= 15 is 0 Å². The molecule has 27 heavy (non-hydrogen) atoms. The number of benzene rings is 2. The van der Waals surface area contributed by atoms with Gasteiger partial charge >= 0.3 is 0 Å². The number of methoxy groups -OCH3 is 1. The van der Waals surface area contributed by atoms with Crippen LogP contribution in [0.25, 0.3) is 0 Å². The summed E-state index contributed by atoms with van der Waals surface area (Å²) < 4.78 is 10.8. The van der Waals surface area contributed by atoms with E-state index in [2.05, 4.69) is 5.32 Å². The average molecular weight is 412 g/mol. The molecule has 0 heterocycles. The van der Waals surface area contributed by atoms with Gasteiger partial charge in [-0.05, 0) is 28.7 Å². The minimum atomic E-state index is -0.279. The third-order valence-corrected chi connectivity index (χ3v) is 4.91. The van der Waals surface area contributed by atoms with Gasteiger partial charge in [0.15, 0.2) is 18.1 Å². The number of hydrogen-bond acceptors (Lipinski definition) is 4. The number of aromatic hydroxyl groups is 1. The zero-order chi connectivity index (χ0) is 20.1. The number of hydrogen-bond donors (Lipinski definition) is 2. The Morgan fingerprint density at radius 3 is 2.56 bits per heavy atom. The van der Waals surface area contributed by atoms with Crippen LogP contribution in [0.5, 0.6) is 17.2 Å². The SMILES string of the molecule is CNC(=O)COc1cc(Cl)c(Cc2ccc(O)c(C(C)C)c2)c(Cl)c1OC. The van der Waals surface area contributed by atoms with Gasteiger partial charge in [0.1, 0.15) is 5.75 Å². The molecule has 1 amide bonds. The number of carbonyl (C=O) groups is 1. The third kappa shape index (κ3) is 4.99. The van der Waals surface area contributed by atoms with Crippen LogP contribution in [0.15, 0.2) is 24.3 Å². The Kier molecular flexibility index (Phi) is 7.22. The van der Waals surface area contributed by atoms with Crippen molar-refractivity contribution in [2.24, 2.45) is 0 Å². The molecular formula is C20H23Cl2NO4. The average Bonchev–Trinajstić information content (AvgIpc) is 2.64. The molecule has 0 atom stereocenters. The lowest BCUT2D eigenvalue weighted by atomic mass is 9.96. The highest BCUT2D eigenvalue weighted by molar-refractivity contribution is 6.37. The summed E-state index contributed by atoms with van der Waals surface area (Å²) in [4.78, 5) is 11.4. The molecule has 0 spiro atoms. The number of phenolic OH excluding ortho intramolecular Hbond substituents is 1. The molecule has 0 fully saturated rings. The number of nitrogens with one attached hydrogen (secondary N) is 1. The van der Waals surface area contributed by atoms with Crippen LogP contribution in [-0.4, -0.2) is 31.8 Å². The first-order valence-electron chi connectivity index (χ1n) is 8.48. The summed E-state index contributed by atoms with van der Waals surface area (Å²) in [7, 11) is 3.00. The van der Waals surface area contributed by atoms with Crippen molar-refractivity contribution in [2.45, 2.75) is 26.2 Å². The van der Waals surface area contributed by atoms with E-state index in [1.807, 2.05) is 26.0 Å². The second kappa shape index (κ2) is 9.20. The summed E-state index contributed by atoms with van der Waals surface area (Å²) in [6.07, 6.45) is 0.462. The van der Waals surface area contributed by atoms with Crippen LogP contribution in [0.4, 0.5) is 0 Å². The molecule has 0 aromatic heterocycles. The van der Waals surface area contributed by atoms with Gasteiger partial charge in [-0.3, -0.25) is 4.79 Å². The van der Waals surface area contributed by atoms with Crippen molar-refractivity contribution in [1.29, 1.82) is 0 Å². The van der Waals surface area contributed by atoms with E-state index in [1.54, 1.807) is 12.1 Å². The van der Waals surface area contributed by atoms with Gasteiger partial charge in [0.05, 0.1) is 12.1 Å². The van der Waals surface area contributed by atoms with Gasteiger partial charge in [0.2, 0.25) is 0 Å². The molecule has 2 N–H and O–H groups in total. The lowest BCUT2D eigenvalue weighted by molar-refractivity contribution is -0.122. The van der Waals surface area contributed by atoms with E-state index in [0.29, 0.717) is 33.5 Å². The largest absolute Gasteiger partial charge is 0.508 e. The predicted molar refractivity (Wildman–Crippen MR) is 108 cm³/mol. The van der Waals surface area contributed by atoms with E-state index in [1.165, 1.54) is 14.2 Å². The first-order chi connectivity index (χ1) is 12.8. The van der Waals surface area contributed by atoms with Crippen molar-refractivity contribution >= 4 is 29.1 Å². The maximum absolute atomic E-state index is 11.4. The predicted octanol–water partition coefficient (Wildman–Crippen LogP) is 4.55. The summed E-state index contributed by atoms with van der Waals surface area (Å²) in [5.74, 6) is 0.794. The molecule has 0 bridgehead atoms. The van der Waals surface area contributed by atoms with Crippen LogP contribution in [0.1, 0.15) is 36.5 Å². The second-order valence-corrected chi connectivity index (χ2v) is 7.15. The van der Waals surface area contributed by atoms with Crippen LogP contribution in [0.2, 0.25) is 10.0 Å². The summed E-state index contributed by atoms with van der Waals surface area (Å²) in [6.45, 7) is 3.86. The van der Waals surface area contributed by atoms with Crippen molar-refractivity contribution in [3.63, 3.8) is 0 Å². The quantitative estimate of drug-likeness (QED) is 0.701. The zero-order valence-electron chi connectivity index (χ0n) is 15.7. The summed E-state index contributed by atoms with van der Waals surface area (Å²) in [5, 5.41) is 13.2. The van der Waals surface area contributed by atoms with E-state index in [4.69, 9.17) is 32.7 Å². The molecular weight excluding hydrogens is 389 g/mol. The molecule has 0 saturated heterocycles. The number of carbonyl (C=O) groups excluding carboxylic acids is 1. The Bertz CT molecular complexity index is 837. The highest BCUT2D eigenvalue weighted by Gasteiger charge is 2.19. The lowest BCUT2D eigenvalue weighted by Gasteiger charge is -2.17. The van der Waals surface area contributed by atoms with Crippen LogP contribution in [0, 0.1) is 0 Å². The van der Waals surface area contributed by atoms with Crippen LogP contribution < -0.4 is 14.8 Å². The van der Waals surface area contributed by atoms with Gasteiger partial charge in [-0.25, -0.2) is 0 Å². The Balaban J connectivity index is 2.38. The molecule has 2 rings (SSSR count). The van der Waals surface area contributed by atoms with Crippen molar-refractivity contribution in [2.75, 3.05) is 20.8 Å². The van der Waals surface area contributed by atoms with Gasteiger partial charge in [-0.15, -0.1) is 0 Å². The molecule has 146 valence electrons. The number of phenols is 1. The van der Waals surface area contributed by atoms with Gasteiger partial charge in [0, 0.05) is 24.6 Å². The molecule has 0 unspecified atom stereocenters. The number of ether oxygens (including phenoxy) is 2. The van der Waals surface area contributed by atoms with Crippen molar-refractivity contribution in [3.8, 4) is 17.2 Å². The van der Waals surface area contributed by atoms with Gasteiger partial charge in [-0.2, -0.15) is 0 Å². The highest BCUT2D eigenvalue weighted by atomic mass is 35.5. The first kappa shape index (κ1) is 21.2. The zero-order valence-corrected chi connectivity index (χ0v) is 17.2. The fourth-order valence-corrected chi connectivity index (χ4v) is 3.32. The van der Waals surface area contributed by atoms with E-state index in [-0.39, 0.29) is 24.2 Å². The molecule has 5 nitrogen and oxygen atoms in total. The van der Waals surface area contributed by atoms with Gasteiger partial charge < -0.3 is 19.9 Å². The van der Waals surface area contributed by atoms with Crippen molar-refractivity contribution in [3.05, 3.63) is 51.0 Å². The number of likely N-dealkylation sites (N-methyl/N-ethyl adjacent to an activating group) is 1. The van der Waals surface area contributed by atoms with Gasteiger partial charge in [0.25, 0.3) is 5.91 Å². The maximum atomic E-state index is 11.4. The molecule has 0 aliphatic carbocycles. The number of amides is 1. The normalized spacial score (nSPS) is 10.8. The van der Waals surface area contributed by atoms with Crippen LogP contribution >= 0.6 is 23.2 Å². The fourth-order valence-electron chi connectivity index (χ4n) is 2.67. The maximum Gasteiger partial charge on any atom is 0.257 e. The standard InChI is InChI=1S/C20H23Cl2NO4/c1-11(2)13-7-12(5-6-16(13)24)8-14-15(21)9-17(20(26-4)19(14)22)27-10-18(25)23-3/h5-7,9,11,24H,8,10H2,1-4H3,(H,23,25). The molecule has 0 aliphatic rings. The fraction of sp³-hybridized carbons (Fsp3) is 0.350. The Hall–Kier alpha value is -2.11. The van der Waals surface area contributed by atoms with E-state index in [0.717, 1.165) is 11.1 Å². The second-order valence-electron chi connectivity index (χ2n) is 6.37. The smallest absolute Gasteiger partial charge is 0.257 e. The van der Waals surface area contributed by atoms with Crippen LogP contribution in [-0.2, 0) is 11.2 Å². The van der Waals surface area contributed by atoms with E-state index in [9.17, 15) is 9.90 Å². The van der Waals surface area contributed by atoms with E-state index < -0.39 is 0 Å². The number of halogens is 2. The minimum Gasteiger partial charge on any atom is -0.508 e. The highest BCUT2D eigenvalue weighted by Crippen LogP contribution is 2.42. The number of rotatable bonds is 7. The van der Waals surface area contributed by atoms with Crippen LogP contribution in [0.3, 0.4) is 0 Å². The first-order valence-corrected chi connectivity index (χ1v) is 9.24. The molecule has 7 heteroatoms. The van der Waals surface area contributed by atoms with Crippen molar-refractivity contribution < 1.29 is 19.4 Å². The molecule has 2 aromatic carbocycles. The summed E-state index contributed by atoms with van der Waals surface area (Å²) >= 11 is 12.9. The van der Waals surface area contributed by atoms with Gasteiger partial charge in [-0.1, -0.05) is 49.2 Å². The topological polar surface area (TPSA) is 67.8 Å². The molecule has 0 radical (unpaired) electrons.